The summed E-state index contributed by atoms with van der Waals surface area (Å²) in [6.07, 6.45) is 0. The minimum absolute atomic E-state index is 0.186. The van der Waals surface area contributed by atoms with Gasteiger partial charge in [-0.3, -0.25) is 0 Å². The van der Waals surface area contributed by atoms with E-state index in [2.05, 4.69) is 0 Å². The summed E-state index contributed by atoms with van der Waals surface area (Å²) in [5, 5.41) is 8.56. The Bertz CT molecular complexity index is 355. The van der Waals surface area contributed by atoms with Crippen LogP contribution in [-0.2, 0) is 0 Å². The van der Waals surface area contributed by atoms with Crippen LogP contribution in [0.25, 0.3) is 0 Å². The van der Waals surface area contributed by atoms with E-state index in [0.717, 1.165) is 6.07 Å². The Morgan fingerprint density at radius 1 is 1.57 bits per heavy atom. The van der Waals surface area contributed by atoms with Crippen LogP contribution in [-0.4, -0.2) is 17.6 Å². The number of rotatable bonds is 3. The predicted molar refractivity (Wildman–Crippen MR) is 49.3 cm³/mol. The standard InChI is InChI=1S/C9H11FN2O2/c10-7-3-5(8(12)4-11)1-2-6(7)9(13)14/h1-3,8H,4,11-12H2,(H,13,14)/t8-/m1/s1. The first-order chi connectivity index (χ1) is 6.56. The number of hydrogen-bond donors (Lipinski definition) is 3. The summed E-state index contributed by atoms with van der Waals surface area (Å²) in [5.41, 5.74) is 11.0. The van der Waals surface area contributed by atoms with Gasteiger partial charge in [0.25, 0.3) is 0 Å². The van der Waals surface area contributed by atoms with Gasteiger partial charge in [0.2, 0.25) is 0 Å². The zero-order chi connectivity index (χ0) is 10.7. The second-order valence-electron chi connectivity index (χ2n) is 2.89. The van der Waals surface area contributed by atoms with Gasteiger partial charge < -0.3 is 16.6 Å². The number of carboxylic acids is 1. The van der Waals surface area contributed by atoms with Crippen molar-refractivity contribution in [3.8, 4) is 0 Å². The molecule has 0 bridgehead atoms. The second kappa shape index (κ2) is 4.17. The maximum atomic E-state index is 13.1. The molecule has 0 aromatic heterocycles. The molecule has 0 amide bonds. The van der Waals surface area contributed by atoms with Crippen molar-refractivity contribution in [2.75, 3.05) is 6.54 Å². The molecule has 1 aromatic rings. The molecule has 4 nitrogen and oxygen atoms in total. The van der Waals surface area contributed by atoms with Crippen molar-refractivity contribution in [2.24, 2.45) is 11.5 Å². The number of halogens is 1. The monoisotopic (exact) mass is 198 g/mol. The van der Waals surface area contributed by atoms with Gasteiger partial charge in [0.1, 0.15) is 5.82 Å². The molecule has 5 N–H and O–H groups in total. The molecule has 0 fully saturated rings. The lowest BCUT2D eigenvalue weighted by molar-refractivity contribution is 0.0692. The predicted octanol–water partition coefficient (Wildman–Crippen LogP) is 0.482. The van der Waals surface area contributed by atoms with Crippen molar-refractivity contribution in [3.63, 3.8) is 0 Å². The molecule has 0 aliphatic heterocycles. The number of carbonyl (C=O) groups is 1. The maximum absolute atomic E-state index is 13.1. The third kappa shape index (κ3) is 2.07. The van der Waals surface area contributed by atoms with Crippen LogP contribution in [0.4, 0.5) is 4.39 Å². The third-order valence-electron chi connectivity index (χ3n) is 1.91. The van der Waals surface area contributed by atoms with Crippen molar-refractivity contribution in [1.82, 2.24) is 0 Å². The van der Waals surface area contributed by atoms with E-state index < -0.39 is 17.8 Å². The Morgan fingerprint density at radius 2 is 2.21 bits per heavy atom. The molecule has 1 atom stereocenters. The number of carboxylic acid groups (broad SMARTS) is 1. The minimum atomic E-state index is -1.30. The molecule has 1 aromatic carbocycles. The minimum Gasteiger partial charge on any atom is -0.478 e. The van der Waals surface area contributed by atoms with Gasteiger partial charge in [-0.1, -0.05) is 6.07 Å². The molecule has 0 spiro atoms. The van der Waals surface area contributed by atoms with Gasteiger partial charge in [-0.2, -0.15) is 0 Å². The summed E-state index contributed by atoms with van der Waals surface area (Å²) in [4.78, 5) is 10.5. The lowest BCUT2D eigenvalue weighted by atomic mass is 10.1. The van der Waals surface area contributed by atoms with Crippen LogP contribution in [0.1, 0.15) is 22.0 Å². The summed E-state index contributed by atoms with van der Waals surface area (Å²) in [5.74, 6) is -2.09. The summed E-state index contributed by atoms with van der Waals surface area (Å²) in [6.45, 7) is 0.186. The number of nitrogens with two attached hydrogens (primary N) is 2. The average molecular weight is 198 g/mol. The number of benzene rings is 1. The van der Waals surface area contributed by atoms with Gasteiger partial charge in [0.15, 0.2) is 0 Å². The fourth-order valence-corrected chi connectivity index (χ4v) is 1.07. The zero-order valence-electron chi connectivity index (χ0n) is 7.40. The normalized spacial score (nSPS) is 12.5. The Hall–Kier alpha value is -1.46. The van der Waals surface area contributed by atoms with Gasteiger partial charge in [0, 0.05) is 12.6 Å². The van der Waals surface area contributed by atoms with E-state index in [0.29, 0.717) is 5.56 Å². The topological polar surface area (TPSA) is 89.3 Å². The summed E-state index contributed by atoms with van der Waals surface area (Å²) < 4.78 is 13.1. The molecule has 5 heteroatoms. The molecule has 0 saturated heterocycles. The molecule has 0 radical (unpaired) electrons. The van der Waals surface area contributed by atoms with Crippen LogP contribution in [0, 0.1) is 5.82 Å². The molecule has 76 valence electrons. The fourth-order valence-electron chi connectivity index (χ4n) is 1.07. The van der Waals surface area contributed by atoms with Gasteiger partial charge in [-0.05, 0) is 17.7 Å². The smallest absolute Gasteiger partial charge is 0.338 e. The highest BCUT2D eigenvalue weighted by Gasteiger charge is 2.12. The number of aromatic carboxylic acids is 1. The average Bonchev–Trinajstić information content (AvgIpc) is 2.15. The highest BCUT2D eigenvalue weighted by molar-refractivity contribution is 5.87. The Kier molecular flexibility index (Phi) is 3.16. The van der Waals surface area contributed by atoms with Crippen molar-refractivity contribution in [3.05, 3.63) is 35.1 Å². The lowest BCUT2D eigenvalue weighted by Gasteiger charge is -2.09. The quantitative estimate of drug-likeness (QED) is 0.659. The van der Waals surface area contributed by atoms with Crippen molar-refractivity contribution >= 4 is 5.97 Å². The van der Waals surface area contributed by atoms with E-state index in [1.54, 1.807) is 0 Å². The first-order valence-corrected chi connectivity index (χ1v) is 4.04. The Labute approximate surface area is 80.3 Å². The van der Waals surface area contributed by atoms with E-state index in [9.17, 15) is 9.18 Å². The summed E-state index contributed by atoms with van der Waals surface area (Å²) >= 11 is 0. The summed E-state index contributed by atoms with van der Waals surface area (Å²) in [7, 11) is 0. The van der Waals surface area contributed by atoms with Crippen LogP contribution < -0.4 is 11.5 Å². The van der Waals surface area contributed by atoms with E-state index >= 15 is 0 Å². The molecule has 0 aliphatic carbocycles. The third-order valence-corrected chi connectivity index (χ3v) is 1.91. The van der Waals surface area contributed by atoms with Crippen LogP contribution in [0.15, 0.2) is 18.2 Å². The molecule has 0 saturated carbocycles. The molecular weight excluding hydrogens is 187 g/mol. The maximum Gasteiger partial charge on any atom is 0.338 e. The first-order valence-electron chi connectivity index (χ1n) is 4.04. The van der Waals surface area contributed by atoms with E-state index in [1.807, 2.05) is 0 Å². The van der Waals surface area contributed by atoms with Crippen LogP contribution >= 0.6 is 0 Å². The van der Waals surface area contributed by atoms with E-state index in [-0.39, 0.29) is 12.1 Å². The van der Waals surface area contributed by atoms with Gasteiger partial charge in [-0.25, -0.2) is 9.18 Å². The van der Waals surface area contributed by atoms with Crippen LogP contribution in [0.5, 0.6) is 0 Å². The van der Waals surface area contributed by atoms with E-state index in [1.165, 1.54) is 12.1 Å². The lowest BCUT2D eigenvalue weighted by Crippen LogP contribution is -2.21. The molecule has 0 unspecified atom stereocenters. The second-order valence-corrected chi connectivity index (χ2v) is 2.89. The number of hydrogen-bond acceptors (Lipinski definition) is 3. The highest BCUT2D eigenvalue weighted by Crippen LogP contribution is 2.14. The molecule has 0 heterocycles. The van der Waals surface area contributed by atoms with Crippen LogP contribution in [0.3, 0.4) is 0 Å². The first kappa shape index (κ1) is 10.6. The zero-order valence-corrected chi connectivity index (χ0v) is 7.40. The molecule has 14 heavy (non-hydrogen) atoms. The SMILES string of the molecule is NC[C@@H](N)c1ccc(C(=O)O)c(F)c1. The fraction of sp³-hybridized carbons (Fsp3) is 0.222. The van der Waals surface area contributed by atoms with Crippen molar-refractivity contribution in [1.29, 1.82) is 0 Å². The largest absolute Gasteiger partial charge is 0.478 e. The molecule has 0 aliphatic rings. The Morgan fingerprint density at radius 3 is 2.64 bits per heavy atom. The van der Waals surface area contributed by atoms with Crippen molar-refractivity contribution < 1.29 is 14.3 Å². The summed E-state index contributed by atoms with van der Waals surface area (Å²) in [6, 6.07) is 3.28. The van der Waals surface area contributed by atoms with Crippen LogP contribution in [0.2, 0.25) is 0 Å². The molecule has 1 rings (SSSR count). The van der Waals surface area contributed by atoms with Gasteiger partial charge in [-0.15, -0.1) is 0 Å². The Balaban J connectivity index is 3.06. The van der Waals surface area contributed by atoms with Gasteiger partial charge >= 0.3 is 5.97 Å². The highest BCUT2D eigenvalue weighted by atomic mass is 19.1. The van der Waals surface area contributed by atoms with Crippen molar-refractivity contribution in [2.45, 2.75) is 6.04 Å². The molecular formula is C9H11FN2O2. The van der Waals surface area contributed by atoms with Gasteiger partial charge in [0.05, 0.1) is 5.56 Å². The van der Waals surface area contributed by atoms with E-state index in [4.69, 9.17) is 16.6 Å².